The van der Waals surface area contributed by atoms with Crippen LogP contribution in [0.1, 0.15) is 13.8 Å². The summed E-state index contributed by atoms with van der Waals surface area (Å²) in [7, 11) is 2.15. The first-order valence-electron chi connectivity index (χ1n) is 8.84. The van der Waals surface area contributed by atoms with E-state index < -0.39 is 0 Å². The third-order valence-corrected chi connectivity index (χ3v) is 4.87. The second-order valence-electron chi connectivity index (χ2n) is 6.99. The summed E-state index contributed by atoms with van der Waals surface area (Å²) in [6, 6.07) is 2.09. The van der Waals surface area contributed by atoms with Crippen molar-refractivity contribution in [1.82, 2.24) is 19.8 Å². The van der Waals surface area contributed by atoms with Crippen LogP contribution in [-0.2, 0) is 4.79 Å². The molecular weight excluding hydrogens is 304 g/mol. The lowest BCUT2D eigenvalue weighted by Crippen LogP contribution is -2.50. The van der Waals surface area contributed by atoms with Gasteiger partial charge in [0.1, 0.15) is 18.0 Å². The van der Waals surface area contributed by atoms with Crippen molar-refractivity contribution >= 4 is 17.5 Å². The van der Waals surface area contributed by atoms with E-state index in [4.69, 9.17) is 0 Å². The first-order chi connectivity index (χ1) is 11.5. The zero-order valence-electron chi connectivity index (χ0n) is 15.0. The molecule has 0 N–H and O–H groups in total. The van der Waals surface area contributed by atoms with Crippen molar-refractivity contribution in [2.24, 2.45) is 5.92 Å². The van der Waals surface area contributed by atoms with Crippen LogP contribution in [0, 0.1) is 5.92 Å². The van der Waals surface area contributed by atoms with Crippen LogP contribution in [0.5, 0.6) is 0 Å². The van der Waals surface area contributed by atoms with Crippen LogP contribution in [0.3, 0.4) is 0 Å². The molecule has 2 aliphatic heterocycles. The number of carbonyl (C=O) groups excluding carboxylic acids is 1. The Bertz CT molecular complexity index is 562. The maximum atomic E-state index is 12.1. The fourth-order valence-corrected chi connectivity index (χ4v) is 3.24. The van der Waals surface area contributed by atoms with Gasteiger partial charge in [0, 0.05) is 64.3 Å². The van der Waals surface area contributed by atoms with E-state index in [1.54, 1.807) is 6.33 Å². The number of carbonyl (C=O) groups is 1. The molecular formula is C17H28N6O. The molecule has 24 heavy (non-hydrogen) atoms. The highest BCUT2D eigenvalue weighted by molar-refractivity contribution is 5.78. The van der Waals surface area contributed by atoms with Crippen molar-refractivity contribution < 1.29 is 4.79 Å². The Morgan fingerprint density at radius 2 is 1.42 bits per heavy atom. The zero-order valence-corrected chi connectivity index (χ0v) is 15.0. The normalized spacial score (nSPS) is 19.9. The number of hydrogen-bond donors (Lipinski definition) is 0. The van der Waals surface area contributed by atoms with E-state index in [1.807, 2.05) is 18.7 Å². The minimum atomic E-state index is 0.0689. The topological polar surface area (TPSA) is 55.8 Å². The summed E-state index contributed by atoms with van der Waals surface area (Å²) in [5, 5.41) is 0. The summed E-state index contributed by atoms with van der Waals surface area (Å²) in [6.07, 6.45) is 1.66. The quantitative estimate of drug-likeness (QED) is 0.805. The Balaban J connectivity index is 1.62. The molecule has 3 heterocycles. The van der Waals surface area contributed by atoms with Crippen molar-refractivity contribution in [3.05, 3.63) is 12.4 Å². The number of aromatic nitrogens is 2. The van der Waals surface area contributed by atoms with Gasteiger partial charge < -0.3 is 19.6 Å². The molecule has 0 aliphatic carbocycles. The van der Waals surface area contributed by atoms with E-state index >= 15 is 0 Å². The zero-order chi connectivity index (χ0) is 17.1. The van der Waals surface area contributed by atoms with Gasteiger partial charge >= 0.3 is 0 Å². The van der Waals surface area contributed by atoms with Gasteiger partial charge in [-0.15, -0.1) is 0 Å². The molecule has 7 nitrogen and oxygen atoms in total. The van der Waals surface area contributed by atoms with Crippen LogP contribution in [0.2, 0.25) is 0 Å². The van der Waals surface area contributed by atoms with Crippen LogP contribution in [0.15, 0.2) is 12.4 Å². The maximum absolute atomic E-state index is 12.1. The fourth-order valence-electron chi connectivity index (χ4n) is 3.24. The molecule has 7 heteroatoms. The molecule has 0 aromatic carbocycles. The molecule has 0 atom stereocenters. The number of hydrogen-bond acceptors (Lipinski definition) is 6. The highest BCUT2D eigenvalue weighted by atomic mass is 16.2. The average Bonchev–Trinajstić information content (AvgIpc) is 2.62. The van der Waals surface area contributed by atoms with Crippen LogP contribution in [0.25, 0.3) is 0 Å². The van der Waals surface area contributed by atoms with E-state index in [2.05, 4.69) is 37.8 Å². The Morgan fingerprint density at radius 1 is 0.917 bits per heavy atom. The van der Waals surface area contributed by atoms with Gasteiger partial charge in [-0.25, -0.2) is 9.97 Å². The number of likely N-dealkylation sites (N-methyl/N-ethyl adjacent to an activating group) is 1. The van der Waals surface area contributed by atoms with E-state index in [-0.39, 0.29) is 11.8 Å². The second-order valence-corrected chi connectivity index (χ2v) is 6.99. The largest absolute Gasteiger partial charge is 0.354 e. The van der Waals surface area contributed by atoms with E-state index in [1.165, 1.54) is 0 Å². The minimum absolute atomic E-state index is 0.0689. The van der Waals surface area contributed by atoms with Gasteiger partial charge in [-0.1, -0.05) is 13.8 Å². The second kappa shape index (κ2) is 7.34. The highest BCUT2D eigenvalue weighted by Crippen LogP contribution is 2.20. The van der Waals surface area contributed by atoms with Gasteiger partial charge in [0.25, 0.3) is 0 Å². The summed E-state index contributed by atoms with van der Waals surface area (Å²) in [5.74, 6) is 2.29. The Kier molecular flexibility index (Phi) is 5.18. The molecule has 0 radical (unpaired) electrons. The van der Waals surface area contributed by atoms with Crippen molar-refractivity contribution in [1.29, 1.82) is 0 Å². The van der Waals surface area contributed by atoms with Gasteiger partial charge in [-0.05, 0) is 7.05 Å². The minimum Gasteiger partial charge on any atom is -0.354 e. The van der Waals surface area contributed by atoms with Gasteiger partial charge in [0.05, 0.1) is 0 Å². The van der Waals surface area contributed by atoms with Crippen LogP contribution in [0.4, 0.5) is 11.6 Å². The Labute approximate surface area is 144 Å². The number of nitrogens with zero attached hydrogens (tertiary/aromatic N) is 6. The van der Waals surface area contributed by atoms with Crippen molar-refractivity contribution in [2.45, 2.75) is 13.8 Å². The standard InChI is InChI=1S/C17H28N6O/c1-14(2)17(24)23-10-8-22(9-11-23)16-12-15(18-13-19-16)21-6-4-20(3)5-7-21/h12-14H,4-11H2,1-3H3. The lowest BCUT2D eigenvalue weighted by Gasteiger charge is -2.37. The molecule has 1 amide bonds. The Hall–Kier alpha value is -1.89. The number of amides is 1. The summed E-state index contributed by atoms with van der Waals surface area (Å²) >= 11 is 0. The first-order valence-corrected chi connectivity index (χ1v) is 8.84. The maximum Gasteiger partial charge on any atom is 0.225 e. The molecule has 0 spiro atoms. The van der Waals surface area contributed by atoms with Crippen molar-refractivity contribution in [3.8, 4) is 0 Å². The first kappa shape index (κ1) is 17.0. The SMILES string of the molecule is CC(C)C(=O)N1CCN(c2cc(N3CCN(C)CC3)ncn2)CC1. The van der Waals surface area contributed by atoms with E-state index in [0.717, 1.165) is 64.0 Å². The molecule has 2 aliphatic rings. The Morgan fingerprint density at radius 3 is 1.92 bits per heavy atom. The predicted molar refractivity (Wildman–Crippen MR) is 95.4 cm³/mol. The van der Waals surface area contributed by atoms with Gasteiger partial charge in [0.2, 0.25) is 5.91 Å². The third kappa shape index (κ3) is 3.77. The average molecular weight is 332 g/mol. The van der Waals surface area contributed by atoms with Crippen LogP contribution >= 0.6 is 0 Å². The van der Waals surface area contributed by atoms with Gasteiger partial charge in [-0.3, -0.25) is 4.79 Å². The molecule has 2 saturated heterocycles. The summed E-state index contributed by atoms with van der Waals surface area (Å²) in [5.41, 5.74) is 0. The molecule has 3 rings (SSSR count). The van der Waals surface area contributed by atoms with Crippen LogP contribution in [-0.4, -0.2) is 85.1 Å². The molecule has 0 bridgehead atoms. The summed E-state index contributed by atoms with van der Waals surface area (Å²) < 4.78 is 0. The molecule has 132 valence electrons. The summed E-state index contributed by atoms with van der Waals surface area (Å²) in [6.45, 7) is 11.3. The molecule has 0 saturated carbocycles. The fraction of sp³-hybridized carbons (Fsp3) is 0.706. The number of anilines is 2. The lowest BCUT2D eigenvalue weighted by molar-refractivity contribution is -0.134. The smallest absolute Gasteiger partial charge is 0.225 e. The molecule has 0 unspecified atom stereocenters. The number of piperazine rings is 2. The molecule has 1 aromatic rings. The lowest BCUT2D eigenvalue weighted by atomic mass is 10.1. The van der Waals surface area contributed by atoms with Crippen molar-refractivity contribution in [2.75, 3.05) is 69.2 Å². The monoisotopic (exact) mass is 332 g/mol. The van der Waals surface area contributed by atoms with Crippen LogP contribution < -0.4 is 9.80 Å². The molecule has 2 fully saturated rings. The van der Waals surface area contributed by atoms with Gasteiger partial charge in [-0.2, -0.15) is 0 Å². The summed E-state index contributed by atoms with van der Waals surface area (Å²) in [4.78, 5) is 29.9. The van der Waals surface area contributed by atoms with E-state index in [0.29, 0.717) is 0 Å². The number of rotatable bonds is 3. The van der Waals surface area contributed by atoms with Crippen molar-refractivity contribution in [3.63, 3.8) is 0 Å². The molecule has 1 aromatic heterocycles. The predicted octanol–water partition coefficient (Wildman–Crippen LogP) is 0.533. The third-order valence-electron chi connectivity index (χ3n) is 4.87. The highest BCUT2D eigenvalue weighted by Gasteiger charge is 2.24. The van der Waals surface area contributed by atoms with E-state index in [9.17, 15) is 4.79 Å². The van der Waals surface area contributed by atoms with Gasteiger partial charge in [0.15, 0.2) is 0 Å².